The fourth-order valence-electron chi connectivity index (χ4n) is 2.89. The van der Waals surface area contributed by atoms with E-state index >= 15 is 0 Å². The minimum absolute atomic E-state index is 0.183. The zero-order valence-corrected chi connectivity index (χ0v) is 15.7. The van der Waals surface area contributed by atoms with Crippen LogP contribution in [0.1, 0.15) is 41.5 Å². The summed E-state index contributed by atoms with van der Waals surface area (Å²) in [5.74, 6) is -2.32. The molecule has 1 N–H and O–H groups in total. The number of carbonyl (C=O) groups excluding carboxylic acids is 2. The fourth-order valence-corrected chi connectivity index (χ4v) is 2.89. The van der Waals surface area contributed by atoms with Gasteiger partial charge in [0.2, 0.25) is 5.91 Å². The van der Waals surface area contributed by atoms with E-state index in [1.165, 1.54) is 4.90 Å². The molecule has 0 spiro atoms. The predicted octanol–water partition coefficient (Wildman–Crippen LogP) is 3.66. The molecule has 2 rings (SSSR count). The Kier molecular flexibility index (Phi) is 5.28. The van der Waals surface area contributed by atoms with E-state index in [1.807, 2.05) is 0 Å². The van der Waals surface area contributed by atoms with Crippen LogP contribution in [0.15, 0.2) is 18.2 Å². The Morgan fingerprint density at radius 2 is 1.88 bits per heavy atom. The molecule has 1 heterocycles. The maximum Gasteiger partial charge on any atom is 0.413 e. The molecule has 1 aliphatic heterocycles. The first-order valence-electron chi connectivity index (χ1n) is 8.28. The molecule has 0 aromatic heterocycles. The first-order valence-corrected chi connectivity index (χ1v) is 8.28. The van der Waals surface area contributed by atoms with Crippen molar-refractivity contribution in [3.63, 3.8) is 0 Å². The van der Waals surface area contributed by atoms with Gasteiger partial charge < -0.3 is 14.8 Å². The molecule has 26 heavy (non-hydrogen) atoms. The molecule has 0 bridgehead atoms. The van der Waals surface area contributed by atoms with Crippen molar-refractivity contribution in [2.24, 2.45) is 0 Å². The Morgan fingerprint density at radius 3 is 2.42 bits per heavy atom. The average Bonchev–Trinajstić information content (AvgIpc) is 2.69. The van der Waals surface area contributed by atoms with E-state index < -0.39 is 47.1 Å². The zero-order chi connectivity index (χ0) is 19.9. The minimum atomic E-state index is -1.09. The molecule has 0 radical (unpaired) electrons. The Labute approximate surface area is 151 Å². The van der Waals surface area contributed by atoms with Crippen LogP contribution in [0.25, 0.3) is 0 Å². The van der Waals surface area contributed by atoms with Gasteiger partial charge in [-0.05, 0) is 53.7 Å². The van der Waals surface area contributed by atoms with Gasteiger partial charge in [-0.15, -0.1) is 0 Å². The number of rotatable bonds is 2. The first-order chi connectivity index (χ1) is 11.8. The van der Waals surface area contributed by atoms with Crippen molar-refractivity contribution in [2.45, 2.75) is 65.0 Å². The molecule has 0 unspecified atom stereocenters. The maximum absolute atomic E-state index is 13.8. The van der Waals surface area contributed by atoms with E-state index in [-0.39, 0.29) is 5.69 Å². The van der Waals surface area contributed by atoms with Gasteiger partial charge in [-0.25, -0.2) is 13.6 Å². The molecule has 2 atom stereocenters. The van der Waals surface area contributed by atoms with E-state index in [0.29, 0.717) is 6.07 Å². The molecule has 1 aromatic carbocycles. The summed E-state index contributed by atoms with van der Waals surface area (Å²) < 4.78 is 38.0. The molecule has 1 saturated heterocycles. The second kappa shape index (κ2) is 6.83. The van der Waals surface area contributed by atoms with E-state index in [1.54, 1.807) is 41.5 Å². The maximum atomic E-state index is 13.8. The van der Waals surface area contributed by atoms with Gasteiger partial charge in [0, 0.05) is 6.07 Å². The van der Waals surface area contributed by atoms with Crippen LogP contribution in [0.4, 0.5) is 19.3 Å². The second-order valence-corrected chi connectivity index (χ2v) is 7.68. The van der Waals surface area contributed by atoms with Crippen molar-refractivity contribution in [2.75, 3.05) is 5.32 Å². The van der Waals surface area contributed by atoms with Crippen molar-refractivity contribution in [3.8, 4) is 0 Å². The fraction of sp³-hybridized carbons (Fsp3) is 0.556. The molecule has 1 aliphatic rings. The lowest BCUT2D eigenvalue weighted by molar-refractivity contribution is -0.121. The molecule has 0 aliphatic carbocycles. The van der Waals surface area contributed by atoms with Crippen LogP contribution in [0, 0.1) is 11.6 Å². The summed E-state index contributed by atoms with van der Waals surface area (Å²) in [5.41, 5.74) is -2.04. The standard InChI is InChI=1S/C18H24F2N2O4/c1-10-14(15(23)21-13-8-7-11(19)9-12(13)20)22(18(5,6)25-10)16(24)26-17(2,3)4/h7-10,14H,1-6H3,(H,21,23)/t10-,14+/m0/s1. The van der Waals surface area contributed by atoms with Crippen LogP contribution < -0.4 is 5.32 Å². The monoisotopic (exact) mass is 370 g/mol. The summed E-state index contributed by atoms with van der Waals surface area (Å²) in [7, 11) is 0. The van der Waals surface area contributed by atoms with E-state index in [0.717, 1.165) is 12.1 Å². The zero-order valence-electron chi connectivity index (χ0n) is 15.7. The Hall–Kier alpha value is -2.22. The number of carbonyl (C=O) groups is 2. The predicted molar refractivity (Wildman–Crippen MR) is 91.5 cm³/mol. The molecule has 0 saturated carbocycles. The molecular weight excluding hydrogens is 346 g/mol. The average molecular weight is 370 g/mol. The van der Waals surface area contributed by atoms with Gasteiger partial charge in [-0.2, -0.15) is 0 Å². The highest BCUT2D eigenvalue weighted by Gasteiger charge is 2.52. The van der Waals surface area contributed by atoms with Gasteiger partial charge in [-0.3, -0.25) is 9.69 Å². The minimum Gasteiger partial charge on any atom is -0.444 e. The van der Waals surface area contributed by atoms with Gasteiger partial charge in [-0.1, -0.05) is 0 Å². The summed E-state index contributed by atoms with van der Waals surface area (Å²) in [4.78, 5) is 26.5. The lowest BCUT2D eigenvalue weighted by atomic mass is 10.1. The van der Waals surface area contributed by atoms with Crippen LogP contribution in [0.5, 0.6) is 0 Å². The van der Waals surface area contributed by atoms with Crippen molar-refractivity contribution < 1.29 is 27.8 Å². The third kappa shape index (κ3) is 4.30. The van der Waals surface area contributed by atoms with Crippen LogP contribution >= 0.6 is 0 Å². The number of hydrogen-bond acceptors (Lipinski definition) is 4. The number of ether oxygens (including phenoxy) is 2. The Morgan fingerprint density at radius 1 is 1.27 bits per heavy atom. The van der Waals surface area contributed by atoms with Crippen molar-refractivity contribution >= 4 is 17.7 Å². The van der Waals surface area contributed by atoms with Gasteiger partial charge in [0.1, 0.15) is 29.0 Å². The van der Waals surface area contributed by atoms with Crippen LogP contribution in [0.2, 0.25) is 0 Å². The SMILES string of the molecule is C[C@@H]1OC(C)(C)N(C(=O)OC(C)(C)C)[C@H]1C(=O)Nc1ccc(F)cc1F. The lowest BCUT2D eigenvalue weighted by Crippen LogP contribution is -2.54. The number of nitrogens with one attached hydrogen (secondary N) is 1. The third-order valence-electron chi connectivity index (χ3n) is 3.83. The van der Waals surface area contributed by atoms with E-state index in [4.69, 9.17) is 9.47 Å². The quantitative estimate of drug-likeness (QED) is 0.863. The number of anilines is 1. The number of halogens is 2. The molecule has 6 nitrogen and oxygen atoms in total. The molecule has 1 fully saturated rings. The van der Waals surface area contributed by atoms with Gasteiger partial charge in [0.05, 0.1) is 11.8 Å². The van der Waals surface area contributed by atoms with Crippen LogP contribution in [0.3, 0.4) is 0 Å². The van der Waals surface area contributed by atoms with Gasteiger partial charge in [0.15, 0.2) is 0 Å². The highest BCUT2D eigenvalue weighted by molar-refractivity contribution is 5.97. The van der Waals surface area contributed by atoms with Crippen molar-refractivity contribution in [3.05, 3.63) is 29.8 Å². The van der Waals surface area contributed by atoms with Crippen LogP contribution in [-0.4, -0.2) is 40.4 Å². The number of hydrogen-bond donors (Lipinski definition) is 1. The Balaban J connectivity index is 2.28. The third-order valence-corrected chi connectivity index (χ3v) is 3.83. The first kappa shape index (κ1) is 20.1. The molecule has 1 aromatic rings. The molecule has 144 valence electrons. The lowest BCUT2D eigenvalue weighted by Gasteiger charge is -2.34. The van der Waals surface area contributed by atoms with Crippen LogP contribution in [-0.2, 0) is 14.3 Å². The van der Waals surface area contributed by atoms with E-state index in [9.17, 15) is 18.4 Å². The summed E-state index contributed by atoms with van der Waals surface area (Å²) in [5, 5.41) is 2.39. The summed E-state index contributed by atoms with van der Waals surface area (Å²) in [6, 6.07) is 1.78. The van der Waals surface area contributed by atoms with Gasteiger partial charge in [0.25, 0.3) is 0 Å². The van der Waals surface area contributed by atoms with Crippen molar-refractivity contribution in [1.29, 1.82) is 0 Å². The van der Waals surface area contributed by atoms with E-state index in [2.05, 4.69) is 5.32 Å². The largest absolute Gasteiger partial charge is 0.444 e. The number of nitrogens with zero attached hydrogens (tertiary/aromatic N) is 1. The topological polar surface area (TPSA) is 67.9 Å². The van der Waals surface area contributed by atoms with Gasteiger partial charge >= 0.3 is 6.09 Å². The molecule has 2 amide bonds. The molecule has 8 heteroatoms. The summed E-state index contributed by atoms with van der Waals surface area (Å²) in [6.07, 6.45) is -1.37. The normalized spacial score (nSPS) is 22.2. The van der Waals surface area contributed by atoms with Crippen molar-refractivity contribution in [1.82, 2.24) is 4.90 Å². The molecular formula is C18H24F2N2O4. The number of benzene rings is 1. The second-order valence-electron chi connectivity index (χ2n) is 7.68. The highest BCUT2D eigenvalue weighted by atomic mass is 19.1. The Bertz CT molecular complexity index is 716. The summed E-state index contributed by atoms with van der Waals surface area (Å²) >= 11 is 0. The highest BCUT2D eigenvalue weighted by Crippen LogP contribution is 2.34. The smallest absolute Gasteiger partial charge is 0.413 e. The summed E-state index contributed by atoms with van der Waals surface area (Å²) in [6.45, 7) is 10.0. The number of amides is 2.